The molecule has 0 radical (unpaired) electrons. The van der Waals surface area contributed by atoms with Crippen molar-refractivity contribution in [3.05, 3.63) is 59.7 Å². The number of hydrogen-bond acceptors (Lipinski definition) is 3. The molecule has 0 atom stereocenters. The fourth-order valence-electron chi connectivity index (χ4n) is 3.21. The maximum absolute atomic E-state index is 12.6. The summed E-state index contributed by atoms with van der Waals surface area (Å²) in [5.41, 5.74) is 2.35. The number of carbonyl (C=O) groups is 1. The number of benzene rings is 2. The molecule has 0 saturated heterocycles. The van der Waals surface area contributed by atoms with Gasteiger partial charge in [0.2, 0.25) is 0 Å². The predicted molar refractivity (Wildman–Crippen MR) is 99.7 cm³/mol. The summed E-state index contributed by atoms with van der Waals surface area (Å²) in [5.74, 6) is -0.200. The Morgan fingerprint density at radius 1 is 1.00 bits per heavy atom. The van der Waals surface area contributed by atoms with Crippen LogP contribution in [0.4, 0.5) is 5.69 Å². The number of amides is 1. The molecule has 0 aromatic heterocycles. The Bertz CT molecular complexity index is 834. The maximum atomic E-state index is 12.6. The number of rotatable bonds is 5. The summed E-state index contributed by atoms with van der Waals surface area (Å²) < 4.78 is 25.1. The Kier molecular flexibility index (Phi) is 5.23. The van der Waals surface area contributed by atoms with Crippen molar-refractivity contribution in [3.63, 3.8) is 0 Å². The lowest BCUT2D eigenvalue weighted by Crippen LogP contribution is -2.18. The Hall–Kier alpha value is -2.14. The Morgan fingerprint density at radius 3 is 2.16 bits per heavy atom. The maximum Gasteiger partial charge on any atom is 0.255 e. The summed E-state index contributed by atoms with van der Waals surface area (Å²) in [7, 11) is -3.26. The molecule has 0 spiro atoms. The molecule has 1 amide bonds. The molecule has 1 fully saturated rings. The van der Waals surface area contributed by atoms with Crippen molar-refractivity contribution in [1.29, 1.82) is 0 Å². The zero-order chi connectivity index (χ0) is 17.9. The van der Waals surface area contributed by atoms with Gasteiger partial charge in [-0.3, -0.25) is 4.79 Å². The molecule has 0 aliphatic heterocycles. The van der Waals surface area contributed by atoms with E-state index in [1.807, 2.05) is 12.1 Å². The van der Waals surface area contributed by atoms with Crippen molar-refractivity contribution in [3.8, 4) is 0 Å². The molecule has 132 valence electrons. The lowest BCUT2D eigenvalue weighted by atomic mass is 10.1. The fraction of sp³-hybridized carbons (Fsp3) is 0.350. The smallest absolute Gasteiger partial charge is 0.255 e. The van der Waals surface area contributed by atoms with E-state index in [0.29, 0.717) is 16.1 Å². The van der Waals surface area contributed by atoms with Gasteiger partial charge >= 0.3 is 0 Å². The summed E-state index contributed by atoms with van der Waals surface area (Å²) >= 11 is 0. The minimum atomic E-state index is -3.26. The van der Waals surface area contributed by atoms with Crippen LogP contribution < -0.4 is 5.32 Å². The molecule has 0 heterocycles. The molecule has 5 heteroatoms. The number of anilines is 1. The third kappa shape index (κ3) is 3.93. The number of hydrogen-bond donors (Lipinski definition) is 1. The molecule has 3 rings (SSSR count). The van der Waals surface area contributed by atoms with E-state index in [1.165, 1.54) is 5.56 Å². The highest BCUT2D eigenvalue weighted by Crippen LogP contribution is 2.30. The van der Waals surface area contributed by atoms with Gasteiger partial charge in [0.05, 0.1) is 10.1 Å². The summed E-state index contributed by atoms with van der Waals surface area (Å²) in [5, 5.41) is 2.55. The quantitative estimate of drug-likeness (QED) is 0.871. The molecule has 1 saturated carbocycles. The summed E-state index contributed by atoms with van der Waals surface area (Å²) in [6, 6.07) is 14.0. The second-order valence-corrected chi connectivity index (χ2v) is 8.71. The first-order chi connectivity index (χ1) is 12.0. The van der Waals surface area contributed by atoms with Crippen LogP contribution in [0.15, 0.2) is 53.4 Å². The summed E-state index contributed by atoms with van der Waals surface area (Å²) in [4.78, 5) is 12.6. The normalized spacial score (nSPS) is 15.2. The third-order valence-electron chi connectivity index (χ3n) is 4.81. The molecule has 1 N–H and O–H groups in total. The number of carbonyl (C=O) groups excluding carboxylic acids is 1. The van der Waals surface area contributed by atoms with Gasteiger partial charge < -0.3 is 5.32 Å². The first kappa shape index (κ1) is 17.7. The average Bonchev–Trinajstić information content (AvgIpc) is 3.18. The van der Waals surface area contributed by atoms with Crippen molar-refractivity contribution < 1.29 is 13.2 Å². The second kappa shape index (κ2) is 7.40. The molecular weight excluding hydrogens is 334 g/mol. The van der Waals surface area contributed by atoms with Crippen LogP contribution in [0.2, 0.25) is 0 Å². The Balaban J connectivity index is 1.70. The van der Waals surface area contributed by atoms with Gasteiger partial charge in [-0.15, -0.1) is 0 Å². The van der Waals surface area contributed by atoms with Crippen molar-refractivity contribution in [2.24, 2.45) is 0 Å². The molecular formula is C20H23NO3S. The minimum absolute atomic E-state index is 0.200. The molecule has 4 nitrogen and oxygen atoms in total. The Labute approximate surface area is 149 Å². The van der Waals surface area contributed by atoms with E-state index in [4.69, 9.17) is 0 Å². The second-order valence-electron chi connectivity index (χ2n) is 6.48. The lowest BCUT2D eigenvalue weighted by molar-refractivity contribution is 0.102. The molecule has 1 aliphatic rings. The van der Waals surface area contributed by atoms with Gasteiger partial charge in [0.1, 0.15) is 0 Å². The molecule has 0 bridgehead atoms. The van der Waals surface area contributed by atoms with Crippen LogP contribution in [0, 0.1) is 0 Å². The van der Waals surface area contributed by atoms with E-state index in [1.54, 1.807) is 36.4 Å². The number of aryl methyl sites for hydroxylation is 1. The zero-order valence-electron chi connectivity index (χ0n) is 14.4. The molecule has 2 aromatic rings. The van der Waals surface area contributed by atoms with E-state index in [-0.39, 0.29) is 11.2 Å². The van der Waals surface area contributed by atoms with Gasteiger partial charge in [0.15, 0.2) is 9.84 Å². The van der Waals surface area contributed by atoms with Crippen molar-refractivity contribution >= 4 is 21.4 Å². The van der Waals surface area contributed by atoms with Crippen LogP contribution in [0.5, 0.6) is 0 Å². The molecule has 2 aromatic carbocycles. The highest BCUT2D eigenvalue weighted by atomic mass is 32.2. The SMILES string of the molecule is CCc1ccc(C(=O)Nc2ccc(S(=O)(=O)C3CCCC3)cc2)cc1. The highest BCUT2D eigenvalue weighted by Gasteiger charge is 2.30. The zero-order valence-corrected chi connectivity index (χ0v) is 15.2. The van der Waals surface area contributed by atoms with Crippen molar-refractivity contribution in [2.75, 3.05) is 5.32 Å². The van der Waals surface area contributed by atoms with E-state index in [2.05, 4.69) is 12.2 Å². The average molecular weight is 357 g/mol. The van der Waals surface area contributed by atoms with Gasteiger partial charge in [0, 0.05) is 11.3 Å². The topological polar surface area (TPSA) is 63.2 Å². The van der Waals surface area contributed by atoms with E-state index in [0.717, 1.165) is 32.1 Å². The van der Waals surface area contributed by atoms with Crippen molar-refractivity contribution in [1.82, 2.24) is 0 Å². The van der Waals surface area contributed by atoms with Crippen LogP contribution in [0.25, 0.3) is 0 Å². The van der Waals surface area contributed by atoms with Crippen LogP contribution in [-0.2, 0) is 16.3 Å². The van der Waals surface area contributed by atoms with Gasteiger partial charge in [-0.05, 0) is 61.2 Å². The van der Waals surface area contributed by atoms with Crippen LogP contribution in [0.3, 0.4) is 0 Å². The number of sulfone groups is 1. The van der Waals surface area contributed by atoms with Gasteiger partial charge in [0.25, 0.3) is 5.91 Å². The third-order valence-corrected chi connectivity index (χ3v) is 7.08. The Morgan fingerprint density at radius 2 is 1.60 bits per heavy atom. The molecule has 1 aliphatic carbocycles. The predicted octanol–water partition coefficient (Wildman–Crippen LogP) is 4.22. The van der Waals surface area contributed by atoms with E-state index >= 15 is 0 Å². The first-order valence-electron chi connectivity index (χ1n) is 8.75. The van der Waals surface area contributed by atoms with Crippen LogP contribution in [0.1, 0.15) is 48.5 Å². The minimum Gasteiger partial charge on any atom is -0.322 e. The fourth-order valence-corrected chi connectivity index (χ4v) is 5.07. The standard InChI is InChI=1S/C20H23NO3S/c1-2-15-7-9-16(10-8-15)20(22)21-17-11-13-19(14-12-17)25(23,24)18-5-3-4-6-18/h7-14,18H,2-6H2,1H3,(H,21,22). The summed E-state index contributed by atoms with van der Waals surface area (Å²) in [6.07, 6.45) is 4.38. The van der Waals surface area contributed by atoms with Gasteiger partial charge in [-0.2, -0.15) is 0 Å². The van der Waals surface area contributed by atoms with Crippen LogP contribution in [-0.4, -0.2) is 19.6 Å². The van der Waals surface area contributed by atoms with Gasteiger partial charge in [-0.1, -0.05) is 31.9 Å². The molecule has 25 heavy (non-hydrogen) atoms. The first-order valence-corrected chi connectivity index (χ1v) is 10.3. The molecule has 0 unspecified atom stereocenters. The van der Waals surface area contributed by atoms with Crippen molar-refractivity contribution in [2.45, 2.75) is 49.2 Å². The highest BCUT2D eigenvalue weighted by molar-refractivity contribution is 7.92. The van der Waals surface area contributed by atoms with E-state index in [9.17, 15) is 13.2 Å². The monoisotopic (exact) mass is 357 g/mol. The van der Waals surface area contributed by atoms with E-state index < -0.39 is 9.84 Å². The number of nitrogens with one attached hydrogen (secondary N) is 1. The van der Waals surface area contributed by atoms with Crippen LogP contribution >= 0.6 is 0 Å². The lowest BCUT2D eigenvalue weighted by Gasteiger charge is -2.12. The van der Waals surface area contributed by atoms with Gasteiger partial charge in [-0.25, -0.2) is 8.42 Å². The largest absolute Gasteiger partial charge is 0.322 e. The summed E-state index contributed by atoms with van der Waals surface area (Å²) in [6.45, 7) is 2.07.